The minimum absolute atomic E-state index is 0.0888. The Morgan fingerprint density at radius 2 is 2.02 bits per heavy atom. The summed E-state index contributed by atoms with van der Waals surface area (Å²) < 4.78 is 36.2. The van der Waals surface area contributed by atoms with Gasteiger partial charge in [-0.25, -0.2) is 13.8 Å². The molecule has 3 N–H and O–H groups in total. The van der Waals surface area contributed by atoms with Crippen LogP contribution in [0, 0.1) is 11.6 Å². The van der Waals surface area contributed by atoms with Crippen molar-refractivity contribution in [2.45, 2.75) is 57.5 Å². The van der Waals surface area contributed by atoms with Crippen LogP contribution in [0.3, 0.4) is 0 Å². The number of methoxy groups -OCH3 is 1. The smallest absolute Gasteiger partial charge is 0.194 e. The standard InChI is InChI=1S/C31H36F2N6O2/c1-19-5-7-27-24(31(40)23-13-25(32)26(33)14-28(23)39(19)27)18-38(16-20-9-10-35-30(12-20)41-2)22-4-3-11-37(17-22)21-6-8-29(34)36-15-21/h6,8-10,12-15,19,22,30,35H,3-5,7,11,16-18H2,1-2H3,(H2,34,36). The molecule has 8 nitrogen and oxygen atoms in total. The van der Waals surface area contributed by atoms with Crippen molar-refractivity contribution >= 4 is 22.4 Å². The Morgan fingerprint density at radius 3 is 2.80 bits per heavy atom. The van der Waals surface area contributed by atoms with Crippen molar-refractivity contribution in [1.29, 1.82) is 0 Å². The first-order chi connectivity index (χ1) is 19.8. The molecule has 1 aromatic carbocycles. The third-order valence-corrected chi connectivity index (χ3v) is 8.67. The predicted molar refractivity (Wildman–Crippen MR) is 157 cm³/mol. The number of ether oxygens (including phenoxy) is 1. The number of nitrogens with two attached hydrogens (primary N) is 1. The first kappa shape index (κ1) is 27.4. The molecule has 0 aliphatic carbocycles. The first-order valence-corrected chi connectivity index (χ1v) is 14.2. The Balaban J connectivity index is 1.40. The Bertz CT molecular complexity index is 1570. The number of anilines is 2. The number of rotatable bonds is 7. The summed E-state index contributed by atoms with van der Waals surface area (Å²) in [7, 11) is 1.66. The van der Waals surface area contributed by atoms with Crippen molar-refractivity contribution < 1.29 is 13.5 Å². The average Bonchev–Trinajstić information content (AvgIpc) is 3.37. The number of nitrogens with one attached hydrogen (secondary N) is 1. The van der Waals surface area contributed by atoms with E-state index in [1.165, 1.54) is 6.07 Å². The van der Waals surface area contributed by atoms with Crippen molar-refractivity contribution in [2.24, 2.45) is 0 Å². The molecule has 1 saturated heterocycles. The van der Waals surface area contributed by atoms with Gasteiger partial charge < -0.3 is 25.3 Å². The van der Waals surface area contributed by atoms with Crippen molar-refractivity contribution in [2.75, 3.05) is 37.4 Å². The van der Waals surface area contributed by atoms with E-state index >= 15 is 0 Å². The third kappa shape index (κ3) is 5.34. The molecule has 3 unspecified atom stereocenters. The van der Waals surface area contributed by atoms with E-state index in [0.29, 0.717) is 30.0 Å². The molecule has 10 heteroatoms. The number of fused-ring (bicyclic) bond motifs is 3. The molecular weight excluding hydrogens is 526 g/mol. The molecule has 0 saturated carbocycles. The Kier molecular flexibility index (Phi) is 7.52. The molecule has 0 spiro atoms. The Labute approximate surface area is 238 Å². The molecule has 3 aliphatic rings. The van der Waals surface area contributed by atoms with E-state index in [1.54, 1.807) is 13.3 Å². The lowest BCUT2D eigenvalue weighted by Gasteiger charge is -2.41. The molecule has 41 heavy (non-hydrogen) atoms. The van der Waals surface area contributed by atoms with Gasteiger partial charge in [0.05, 0.1) is 17.4 Å². The Hall–Kier alpha value is -3.76. The van der Waals surface area contributed by atoms with Gasteiger partial charge in [-0.15, -0.1) is 0 Å². The molecular formula is C31H36F2N6O2. The second-order valence-corrected chi connectivity index (χ2v) is 11.3. The number of pyridine rings is 2. The van der Waals surface area contributed by atoms with Crippen LogP contribution >= 0.6 is 0 Å². The second kappa shape index (κ2) is 11.3. The molecule has 2 aromatic heterocycles. The highest BCUT2D eigenvalue weighted by atomic mass is 19.2. The molecule has 3 atom stereocenters. The van der Waals surface area contributed by atoms with Gasteiger partial charge in [-0.2, -0.15) is 0 Å². The zero-order valence-electron chi connectivity index (χ0n) is 23.4. The van der Waals surface area contributed by atoms with Gasteiger partial charge in [0.1, 0.15) is 12.0 Å². The van der Waals surface area contributed by atoms with Gasteiger partial charge in [0.25, 0.3) is 0 Å². The number of nitrogens with zero attached hydrogens (tertiary/aromatic N) is 4. The van der Waals surface area contributed by atoms with Gasteiger partial charge >= 0.3 is 0 Å². The maximum absolute atomic E-state index is 14.4. The summed E-state index contributed by atoms with van der Waals surface area (Å²) in [5.74, 6) is -1.45. The number of halogens is 2. The van der Waals surface area contributed by atoms with Crippen molar-refractivity contribution in [1.82, 2.24) is 19.8 Å². The zero-order chi connectivity index (χ0) is 28.7. The van der Waals surface area contributed by atoms with Gasteiger partial charge in [-0.3, -0.25) is 9.69 Å². The number of hydrogen-bond acceptors (Lipinski definition) is 7. The topological polar surface area (TPSA) is 88.7 Å². The number of benzene rings is 1. The van der Waals surface area contributed by atoms with E-state index in [-0.39, 0.29) is 29.1 Å². The molecule has 3 aromatic rings. The maximum Gasteiger partial charge on any atom is 0.194 e. The molecule has 5 heterocycles. The highest BCUT2D eigenvalue weighted by Gasteiger charge is 2.31. The van der Waals surface area contributed by atoms with Crippen LogP contribution in [-0.4, -0.2) is 53.5 Å². The summed E-state index contributed by atoms with van der Waals surface area (Å²) in [5.41, 5.74) is 9.77. The highest BCUT2D eigenvalue weighted by molar-refractivity contribution is 5.81. The lowest BCUT2D eigenvalue weighted by Crippen LogP contribution is -2.49. The summed E-state index contributed by atoms with van der Waals surface area (Å²) in [6.07, 6.45) is 11.1. The van der Waals surface area contributed by atoms with Gasteiger partial charge in [0.2, 0.25) is 0 Å². The molecule has 0 amide bonds. The lowest BCUT2D eigenvalue weighted by atomic mass is 9.99. The maximum atomic E-state index is 14.4. The van der Waals surface area contributed by atoms with Crippen LogP contribution in [0.25, 0.3) is 10.9 Å². The van der Waals surface area contributed by atoms with Crippen molar-refractivity contribution in [3.05, 3.63) is 87.5 Å². The molecule has 1 fully saturated rings. The lowest BCUT2D eigenvalue weighted by molar-refractivity contribution is 0.121. The van der Waals surface area contributed by atoms with Gasteiger partial charge in [0.15, 0.2) is 17.1 Å². The van der Waals surface area contributed by atoms with Crippen molar-refractivity contribution in [3.8, 4) is 0 Å². The number of dihydropyridines is 1. The summed E-state index contributed by atoms with van der Waals surface area (Å²) in [4.78, 5) is 22.9. The molecule has 0 radical (unpaired) electrons. The number of hydrogen-bond donors (Lipinski definition) is 2. The van der Waals surface area contributed by atoms with Crippen LogP contribution in [0.4, 0.5) is 20.3 Å². The van der Waals surface area contributed by atoms with Crippen molar-refractivity contribution in [3.63, 3.8) is 0 Å². The zero-order valence-corrected chi connectivity index (χ0v) is 23.4. The number of nitrogen functional groups attached to an aromatic ring is 1. The van der Waals surface area contributed by atoms with Crippen LogP contribution in [0.5, 0.6) is 0 Å². The number of aromatic nitrogens is 2. The van der Waals surface area contributed by atoms with Gasteiger partial charge in [-0.1, -0.05) is 0 Å². The van der Waals surface area contributed by atoms with Crippen LogP contribution in [0.1, 0.15) is 43.5 Å². The quantitative estimate of drug-likeness (QED) is 0.445. The van der Waals surface area contributed by atoms with E-state index < -0.39 is 11.6 Å². The van der Waals surface area contributed by atoms with E-state index in [0.717, 1.165) is 61.8 Å². The highest BCUT2D eigenvalue weighted by Crippen LogP contribution is 2.33. The fourth-order valence-electron chi connectivity index (χ4n) is 6.53. The van der Waals surface area contributed by atoms with Crippen LogP contribution < -0.4 is 21.4 Å². The fourth-order valence-corrected chi connectivity index (χ4v) is 6.53. The molecule has 0 bridgehead atoms. The Morgan fingerprint density at radius 1 is 1.20 bits per heavy atom. The average molecular weight is 563 g/mol. The summed E-state index contributed by atoms with van der Waals surface area (Å²) in [5, 5.41) is 3.40. The normalized spacial score (nSPS) is 22.2. The molecule has 3 aliphatic heterocycles. The summed E-state index contributed by atoms with van der Waals surface area (Å²) in [6, 6.07) is 6.28. The molecule has 216 valence electrons. The van der Waals surface area contributed by atoms with E-state index in [9.17, 15) is 13.6 Å². The van der Waals surface area contributed by atoms with Gasteiger partial charge in [-0.05, 0) is 74.7 Å². The summed E-state index contributed by atoms with van der Waals surface area (Å²) >= 11 is 0. The SMILES string of the molecule is COC1C=C(CN(Cc2c3n(c4cc(F)c(F)cc4c2=O)C(C)CC3)C2CCCN(c3ccc(N)nc3)C2)C=CN1. The summed E-state index contributed by atoms with van der Waals surface area (Å²) in [6.45, 7) is 4.76. The minimum atomic E-state index is -1.00. The predicted octanol–water partition coefficient (Wildman–Crippen LogP) is 4.25. The van der Waals surface area contributed by atoms with Gasteiger partial charge in [0, 0.05) is 68.1 Å². The first-order valence-electron chi connectivity index (χ1n) is 14.2. The van der Waals surface area contributed by atoms with E-state index in [4.69, 9.17) is 10.5 Å². The van der Waals surface area contributed by atoms with E-state index in [1.807, 2.05) is 29.0 Å². The van der Waals surface area contributed by atoms with Crippen LogP contribution in [-0.2, 0) is 17.7 Å². The molecule has 6 rings (SSSR count). The monoisotopic (exact) mass is 562 g/mol. The van der Waals surface area contributed by atoms with Crippen LogP contribution in [0.15, 0.2) is 59.2 Å². The van der Waals surface area contributed by atoms with E-state index in [2.05, 4.69) is 33.1 Å². The number of piperidine rings is 1. The largest absolute Gasteiger partial charge is 0.384 e. The fraction of sp³-hybridized carbons (Fsp3) is 0.419. The second-order valence-electron chi connectivity index (χ2n) is 11.3. The van der Waals surface area contributed by atoms with Crippen LogP contribution in [0.2, 0.25) is 0 Å². The minimum Gasteiger partial charge on any atom is -0.384 e. The third-order valence-electron chi connectivity index (χ3n) is 8.67.